The fourth-order valence-corrected chi connectivity index (χ4v) is 3.72. The van der Waals surface area contributed by atoms with Crippen LogP contribution in [0.2, 0.25) is 0 Å². The molecule has 0 aliphatic carbocycles. The van der Waals surface area contributed by atoms with Crippen molar-refractivity contribution >= 4 is 38.9 Å². The maximum Gasteiger partial charge on any atom is 0.240 e. The average Bonchev–Trinajstić information content (AvgIpc) is 2.62. The number of thiocarbonyl (C=S) groups is 1. The van der Waals surface area contributed by atoms with E-state index in [-0.39, 0.29) is 22.3 Å². The molecule has 0 bridgehead atoms. The molecule has 2 rings (SSSR count). The van der Waals surface area contributed by atoms with Gasteiger partial charge in [0.1, 0.15) is 0 Å². The Balaban J connectivity index is 1.92. The van der Waals surface area contributed by atoms with Gasteiger partial charge < -0.3 is 10.6 Å². The molecule has 0 saturated carbocycles. The van der Waals surface area contributed by atoms with Crippen molar-refractivity contribution < 1.29 is 13.2 Å². The summed E-state index contributed by atoms with van der Waals surface area (Å²) in [5, 5.41) is 5.67. The van der Waals surface area contributed by atoms with Crippen molar-refractivity contribution in [2.75, 3.05) is 11.9 Å². The van der Waals surface area contributed by atoms with Crippen LogP contribution >= 0.6 is 12.2 Å². The maximum absolute atomic E-state index is 12.1. The minimum absolute atomic E-state index is 0.160. The highest BCUT2D eigenvalue weighted by molar-refractivity contribution is 7.89. The Bertz CT molecular complexity index is 910. The minimum Gasteiger partial charge on any atom is -0.332 e. The first-order chi connectivity index (χ1) is 12.8. The van der Waals surface area contributed by atoms with Crippen LogP contribution in [0.3, 0.4) is 0 Å². The van der Waals surface area contributed by atoms with Crippen molar-refractivity contribution in [2.24, 2.45) is 0 Å². The Hall–Kier alpha value is -2.29. The third-order valence-electron chi connectivity index (χ3n) is 3.83. The largest absolute Gasteiger partial charge is 0.332 e. The first-order valence-corrected chi connectivity index (χ1v) is 10.5. The molecule has 8 heteroatoms. The molecule has 2 aromatic carbocycles. The summed E-state index contributed by atoms with van der Waals surface area (Å²) in [6, 6.07) is 13.8. The summed E-state index contributed by atoms with van der Waals surface area (Å²) in [6.45, 7) is 4.23. The summed E-state index contributed by atoms with van der Waals surface area (Å²) in [6.07, 6.45) is 0.949. The number of aryl methyl sites for hydroxylation is 1. The maximum atomic E-state index is 12.1. The Labute approximate surface area is 165 Å². The van der Waals surface area contributed by atoms with E-state index in [4.69, 9.17) is 12.2 Å². The Kier molecular flexibility index (Phi) is 7.46. The molecule has 0 aliphatic heterocycles. The zero-order chi connectivity index (χ0) is 19.9. The van der Waals surface area contributed by atoms with Gasteiger partial charge in [0.25, 0.3) is 0 Å². The molecule has 144 valence electrons. The molecule has 0 aliphatic rings. The van der Waals surface area contributed by atoms with Crippen molar-refractivity contribution in [2.45, 2.75) is 31.6 Å². The van der Waals surface area contributed by atoms with Gasteiger partial charge in [-0.1, -0.05) is 31.2 Å². The summed E-state index contributed by atoms with van der Waals surface area (Å²) >= 11 is 5.15. The number of hydrogen-bond acceptors (Lipinski definition) is 4. The highest BCUT2D eigenvalue weighted by Gasteiger charge is 2.13. The van der Waals surface area contributed by atoms with E-state index < -0.39 is 10.0 Å². The normalized spacial score (nSPS) is 11.0. The molecule has 0 saturated heterocycles. The summed E-state index contributed by atoms with van der Waals surface area (Å²) in [4.78, 5) is 12.3. The first kappa shape index (κ1) is 21.0. The zero-order valence-electron chi connectivity index (χ0n) is 15.3. The lowest BCUT2D eigenvalue weighted by atomic mass is 10.1. The number of rotatable bonds is 7. The molecule has 0 aromatic heterocycles. The topological polar surface area (TPSA) is 87.3 Å². The van der Waals surface area contributed by atoms with Gasteiger partial charge in [-0.25, -0.2) is 13.1 Å². The lowest BCUT2D eigenvalue weighted by molar-refractivity contribution is -0.119. The lowest BCUT2D eigenvalue weighted by Gasteiger charge is -2.11. The molecule has 0 fully saturated rings. The molecule has 1 amide bonds. The minimum atomic E-state index is -3.51. The molecule has 0 radical (unpaired) electrons. The van der Waals surface area contributed by atoms with Crippen LogP contribution in [0.1, 0.15) is 24.5 Å². The van der Waals surface area contributed by atoms with Gasteiger partial charge in [-0.3, -0.25) is 4.79 Å². The van der Waals surface area contributed by atoms with E-state index in [2.05, 4.69) is 15.4 Å². The van der Waals surface area contributed by atoms with E-state index in [9.17, 15) is 13.2 Å². The van der Waals surface area contributed by atoms with E-state index in [0.717, 1.165) is 17.5 Å². The number of benzene rings is 2. The van der Waals surface area contributed by atoms with Crippen LogP contribution in [0.25, 0.3) is 0 Å². The van der Waals surface area contributed by atoms with Gasteiger partial charge in [0.2, 0.25) is 15.9 Å². The number of sulfonamides is 1. The van der Waals surface area contributed by atoms with E-state index >= 15 is 0 Å². The van der Waals surface area contributed by atoms with Crippen molar-refractivity contribution in [3.05, 3.63) is 59.7 Å². The fourth-order valence-electron chi connectivity index (χ4n) is 2.35. The van der Waals surface area contributed by atoms with Crippen LogP contribution in [-0.4, -0.2) is 26.0 Å². The quantitative estimate of drug-likeness (QED) is 0.617. The van der Waals surface area contributed by atoms with Crippen LogP contribution in [0, 0.1) is 6.92 Å². The number of hydrogen-bond donors (Lipinski definition) is 3. The van der Waals surface area contributed by atoms with Gasteiger partial charge in [0, 0.05) is 12.2 Å². The number of amides is 1. The molecule has 0 atom stereocenters. The van der Waals surface area contributed by atoms with Gasteiger partial charge in [-0.2, -0.15) is 0 Å². The standard InChI is InChI=1S/C19H23N3O3S2/c1-3-12-20-27(24,25)17-10-8-16(9-11-17)21-19(26)22-18(23)13-15-7-5-4-6-14(15)2/h4-11,20H,3,12-13H2,1-2H3,(H2,21,22,23,26). The molecule has 2 aromatic rings. The van der Waals surface area contributed by atoms with Crippen LogP contribution in [-0.2, 0) is 21.2 Å². The molecule has 3 N–H and O–H groups in total. The SMILES string of the molecule is CCCNS(=O)(=O)c1ccc(NC(=S)NC(=O)Cc2ccccc2C)cc1. The third kappa shape index (κ3) is 6.42. The second kappa shape index (κ2) is 9.59. The number of carbonyl (C=O) groups excluding carboxylic acids is 1. The van der Waals surface area contributed by atoms with Crippen LogP contribution in [0.4, 0.5) is 5.69 Å². The van der Waals surface area contributed by atoms with E-state index in [1.165, 1.54) is 12.1 Å². The molecule has 27 heavy (non-hydrogen) atoms. The van der Waals surface area contributed by atoms with Crippen molar-refractivity contribution in [1.82, 2.24) is 10.0 Å². The smallest absolute Gasteiger partial charge is 0.240 e. The predicted molar refractivity (Wildman–Crippen MR) is 111 cm³/mol. The lowest BCUT2D eigenvalue weighted by Crippen LogP contribution is -2.35. The highest BCUT2D eigenvalue weighted by atomic mass is 32.2. The molecule has 0 unspecified atom stereocenters. The van der Waals surface area contributed by atoms with Gasteiger partial charge in [-0.05, 0) is 61.0 Å². The van der Waals surface area contributed by atoms with E-state index in [1.54, 1.807) is 12.1 Å². The summed E-state index contributed by atoms with van der Waals surface area (Å²) in [5.41, 5.74) is 2.57. The van der Waals surface area contributed by atoms with Crippen molar-refractivity contribution in [1.29, 1.82) is 0 Å². The summed E-state index contributed by atoms with van der Waals surface area (Å²) in [7, 11) is -3.51. The number of carbonyl (C=O) groups is 1. The molecular formula is C19H23N3O3S2. The monoisotopic (exact) mass is 405 g/mol. The Morgan fingerprint density at radius 2 is 1.74 bits per heavy atom. The van der Waals surface area contributed by atoms with E-state index in [1.807, 2.05) is 38.1 Å². The second-order valence-corrected chi connectivity index (χ2v) is 8.20. The Morgan fingerprint density at radius 3 is 2.37 bits per heavy atom. The molecule has 0 heterocycles. The summed E-state index contributed by atoms with van der Waals surface area (Å²) in [5.74, 6) is -0.218. The molecule has 0 spiro atoms. The summed E-state index contributed by atoms with van der Waals surface area (Å²) < 4.78 is 26.6. The molecule has 6 nitrogen and oxygen atoms in total. The predicted octanol–water partition coefficient (Wildman–Crippen LogP) is 2.74. The van der Waals surface area contributed by atoms with Gasteiger partial charge in [-0.15, -0.1) is 0 Å². The average molecular weight is 406 g/mol. The molecular weight excluding hydrogens is 382 g/mol. The second-order valence-electron chi connectivity index (χ2n) is 6.03. The van der Waals surface area contributed by atoms with Crippen LogP contribution in [0.5, 0.6) is 0 Å². The number of anilines is 1. The van der Waals surface area contributed by atoms with E-state index in [0.29, 0.717) is 12.2 Å². The van der Waals surface area contributed by atoms with Crippen molar-refractivity contribution in [3.8, 4) is 0 Å². The fraction of sp³-hybridized carbons (Fsp3) is 0.263. The zero-order valence-corrected chi connectivity index (χ0v) is 16.9. The third-order valence-corrected chi connectivity index (χ3v) is 5.51. The van der Waals surface area contributed by atoms with Gasteiger partial charge >= 0.3 is 0 Å². The van der Waals surface area contributed by atoms with Gasteiger partial charge in [0.05, 0.1) is 11.3 Å². The van der Waals surface area contributed by atoms with Crippen LogP contribution < -0.4 is 15.4 Å². The highest BCUT2D eigenvalue weighted by Crippen LogP contribution is 2.14. The van der Waals surface area contributed by atoms with Gasteiger partial charge in [0.15, 0.2) is 5.11 Å². The number of nitrogens with one attached hydrogen (secondary N) is 3. The first-order valence-electron chi connectivity index (χ1n) is 8.57. The van der Waals surface area contributed by atoms with Crippen LogP contribution in [0.15, 0.2) is 53.4 Å². The van der Waals surface area contributed by atoms with Crippen molar-refractivity contribution in [3.63, 3.8) is 0 Å². The Morgan fingerprint density at radius 1 is 1.07 bits per heavy atom.